The van der Waals surface area contributed by atoms with Crippen molar-refractivity contribution < 1.29 is 4.74 Å². The Labute approximate surface area is 209 Å². The number of nitrogens with zero attached hydrogens (tertiary/aromatic N) is 5. The van der Waals surface area contributed by atoms with Crippen LogP contribution in [0.1, 0.15) is 36.8 Å². The first-order chi connectivity index (χ1) is 17.0. The Bertz CT molecular complexity index is 1050. The molecule has 35 heavy (non-hydrogen) atoms. The number of fused-ring (bicyclic) bond motifs is 1. The third kappa shape index (κ3) is 5.38. The van der Waals surface area contributed by atoms with Crippen molar-refractivity contribution in [2.45, 2.75) is 50.8 Å². The Morgan fingerprint density at radius 1 is 1.06 bits per heavy atom. The molecule has 0 bridgehead atoms. The maximum absolute atomic E-state index is 6.14. The molecule has 5 rings (SSSR count). The van der Waals surface area contributed by atoms with Crippen LogP contribution >= 0.6 is 0 Å². The van der Waals surface area contributed by atoms with Gasteiger partial charge in [0.2, 0.25) is 5.95 Å². The number of hydrogen-bond acceptors (Lipinski definition) is 8. The van der Waals surface area contributed by atoms with E-state index < -0.39 is 0 Å². The summed E-state index contributed by atoms with van der Waals surface area (Å²) >= 11 is 0. The van der Waals surface area contributed by atoms with E-state index in [2.05, 4.69) is 67.9 Å². The first-order valence-electron chi connectivity index (χ1n) is 12.9. The molecule has 188 valence electrons. The number of piperazine rings is 1. The lowest BCUT2D eigenvalue weighted by molar-refractivity contribution is 0.0416. The molecular formula is C27H39N7O. The number of anilines is 2. The summed E-state index contributed by atoms with van der Waals surface area (Å²) in [5, 5.41) is 3.68. The summed E-state index contributed by atoms with van der Waals surface area (Å²) in [5.74, 6) is 2.24. The van der Waals surface area contributed by atoms with Crippen molar-refractivity contribution in [2.24, 2.45) is 0 Å². The molecule has 2 fully saturated rings. The van der Waals surface area contributed by atoms with Crippen molar-refractivity contribution >= 4 is 11.8 Å². The molecule has 3 N–H and O–H groups in total. The number of nitrogens with two attached hydrogens (primary N) is 1. The molecule has 1 saturated heterocycles. The molecule has 2 atom stereocenters. The van der Waals surface area contributed by atoms with Crippen LogP contribution in [0.2, 0.25) is 0 Å². The Morgan fingerprint density at radius 2 is 1.86 bits per heavy atom. The van der Waals surface area contributed by atoms with Gasteiger partial charge in [0.25, 0.3) is 0 Å². The standard InChI is InChI=1S/C27H39N7O/c1-19(29-23-6-4-5-7-25(23)35-3)34-11-10-20-8-9-21(16-22(20)18-34)24-17-26(31-27(28)30-24)33-14-12-32(2)13-15-33/h8-9,16-17,23,25,29H,1,4-7,10-15,18H2,2-3H3,(H2,28,30,31). The van der Waals surface area contributed by atoms with Crippen LogP contribution in [0, 0.1) is 0 Å². The van der Waals surface area contributed by atoms with E-state index in [1.807, 2.05) is 7.11 Å². The molecule has 2 unspecified atom stereocenters. The lowest BCUT2D eigenvalue weighted by Crippen LogP contribution is -2.46. The Balaban J connectivity index is 1.31. The number of benzene rings is 1. The molecular weight excluding hydrogens is 438 g/mol. The molecule has 2 aliphatic heterocycles. The van der Waals surface area contributed by atoms with Gasteiger partial charge in [-0.2, -0.15) is 4.98 Å². The zero-order valence-corrected chi connectivity index (χ0v) is 21.2. The third-order valence-electron chi connectivity index (χ3n) is 7.81. The maximum atomic E-state index is 6.14. The SMILES string of the molecule is C=C(NC1CCCCC1OC)N1CCc2ccc(-c3cc(N4CCN(C)CC4)nc(N)n3)cc2C1. The molecule has 1 aliphatic carbocycles. The number of rotatable bonds is 6. The van der Waals surface area contributed by atoms with Crippen LogP contribution in [0.25, 0.3) is 11.3 Å². The smallest absolute Gasteiger partial charge is 0.222 e. The average Bonchev–Trinajstić information content (AvgIpc) is 2.88. The second-order valence-electron chi connectivity index (χ2n) is 10.2. The minimum atomic E-state index is 0.266. The minimum absolute atomic E-state index is 0.266. The first kappa shape index (κ1) is 23.9. The fourth-order valence-electron chi connectivity index (χ4n) is 5.59. The van der Waals surface area contributed by atoms with E-state index in [0.717, 1.165) is 81.4 Å². The van der Waals surface area contributed by atoms with E-state index in [1.165, 1.54) is 24.0 Å². The lowest BCUT2D eigenvalue weighted by Gasteiger charge is -2.38. The second kappa shape index (κ2) is 10.4. The van der Waals surface area contributed by atoms with Gasteiger partial charge in [-0.25, -0.2) is 4.98 Å². The van der Waals surface area contributed by atoms with Gasteiger partial charge in [-0.15, -0.1) is 0 Å². The zero-order valence-electron chi connectivity index (χ0n) is 21.2. The summed E-state index contributed by atoms with van der Waals surface area (Å²) in [6.45, 7) is 10.1. The molecule has 3 heterocycles. The summed E-state index contributed by atoms with van der Waals surface area (Å²) in [5.41, 5.74) is 10.8. The Kier molecular flexibility index (Phi) is 7.11. The molecule has 2 aromatic rings. The van der Waals surface area contributed by atoms with E-state index in [4.69, 9.17) is 10.5 Å². The van der Waals surface area contributed by atoms with Crippen LogP contribution in [0.5, 0.6) is 0 Å². The van der Waals surface area contributed by atoms with E-state index in [-0.39, 0.29) is 6.10 Å². The van der Waals surface area contributed by atoms with Crippen LogP contribution in [-0.2, 0) is 17.7 Å². The molecule has 0 amide bonds. The molecule has 8 nitrogen and oxygen atoms in total. The summed E-state index contributed by atoms with van der Waals surface area (Å²) in [7, 11) is 3.98. The van der Waals surface area contributed by atoms with Gasteiger partial charge >= 0.3 is 0 Å². The number of methoxy groups -OCH3 is 1. The van der Waals surface area contributed by atoms with Crippen LogP contribution < -0.4 is 16.0 Å². The summed E-state index contributed by atoms with van der Waals surface area (Å²) < 4.78 is 5.73. The first-order valence-corrected chi connectivity index (χ1v) is 12.9. The normalized spacial score (nSPS) is 23.1. The molecule has 1 aromatic carbocycles. The number of hydrogen-bond donors (Lipinski definition) is 2. The van der Waals surface area contributed by atoms with Crippen molar-refractivity contribution in [2.75, 3.05) is 57.5 Å². The Hall–Kier alpha value is -2.84. The minimum Gasteiger partial charge on any atom is -0.379 e. The van der Waals surface area contributed by atoms with E-state index >= 15 is 0 Å². The van der Waals surface area contributed by atoms with Crippen LogP contribution in [-0.4, -0.2) is 78.8 Å². The summed E-state index contributed by atoms with van der Waals surface area (Å²) in [6.07, 6.45) is 6.01. The second-order valence-corrected chi connectivity index (χ2v) is 10.2. The Morgan fingerprint density at radius 3 is 2.66 bits per heavy atom. The molecule has 1 saturated carbocycles. The molecule has 0 radical (unpaired) electrons. The quantitative estimate of drug-likeness (QED) is 0.657. The van der Waals surface area contributed by atoms with Crippen LogP contribution in [0.4, 0.5) is 11.8 Å². The monoisotopic (exact) mass is 477 g/mol. The highest BCUT2D eigenvalue weighted by atomic mass is 16.5. The van der Waals surface area contributed by atoms with Gasteiger partial charge in [0.05, 0.1) is 23.7 Å². The maximum Gasteiger partial charge on any atom is 0.222 e. The number of nitrogen functional groups attached to an aromatic ring is 1. The molecule has 0 spiro atoms. The highest BCUT2D eigenvalue weighted by Gasteiger charge is 2.27. The number of likely N-dealkylation sites (N-methyl/N-ethyl adjacent to an activating group) is 1. The fourth-order valence-corrected chi connectivity index (χ4v) is 5.59. The van der Waals surface area contributed by atoms with E-state index in [9.17, 15) is 0 Å². The van der Waals surface area contributed by atoms with Gasteiger partial charge in [0.1, 0.15) is 5.82 Å². The molecule has 3 aliphatic rings. The van der Waals surface area contributed by atoms with Gasteiger partial charge in [0, 0.05) is 58.0 Å². The van der Waals surface area contributed by atoms with Crippen LogP contribution in [0.3, 0.4) is 0 Å². The number of aromatic nitrogens is 2. The van der Waals surface area contributed by atoms with Crippen molar-refractivity contribution in [1.29, 1.82) is 0 Å². The van der Waals surface area contributed by atoms with Crippen molar-refractivity contribution in [3.05, 3.63) is 47.8 Å². The molecule has 1 aromatic heterocycles. The predicted molar refractivity (Wildman–Crippen MR) is 141 cm³/mol. The lowest BCUT2D eigenvalue weighted by atomic mass is 9.92. The fraction of sp³-hybridized carbons (Fsp3) is 0.556. The number of nitrogens with one attached hydrogen (secondary N) is 1. The van der Waals surface area contributed by atoms with Gasteiger partial charge in [-0.3, -0.25) is 0 Å². The van der Waals surface area contributed by atoms with Gasteiger partial charge in [0.15, 0.2) is 0 Å². The van der Waals surface area contributed by atoms with E-state index in [1.54, 1.807) is 0 Å². The highest BCUT2D eigenvalue weighted by molar-refractivity contribution is 5.66. The van der Waals surface area contributed by atoms with Crippen molar-refractivity contribution in [3.8, 4) is 11.3 Å². The summed E-state index contributed by atoms with van der Waals surface area (Å²) in [6, 6.07) is 9.10. The largest absolute Gasteiger partial charge is 0.379 e. The van der Waals surface area contributed by atoms with Gasteiger partial charge < -0.3 is 30.5 Å². The van der Waals surface area contributed by atoms with Gasteiger partial charge in [-0.05, 0) is 43.5 Å². The highest BCUT2D eigenvalue weighted by Crippen LogP contribution is 2.29. The van der Waals surface area contributed by atoms with Gasteiger partial charge in [-0.1, -0.05) is 31.6 Å². The molecule has 8 heteroatoms. The van der Waals surface area contributed by atoms with Crippen LogP contribution in [0.15, 0.2) is 36.7 Å². The predicted octanol–water partition coefficient (Wildman–Crippen LogP) is 2.85. The number of ether oxygens (including phenoxy) is 1. The third-order valence-corrected chi connectivity index (χ3v) is 7.81. The zero-order chi connectivity index (χ0) is 24.4. The topological polar surface area (TPSA) is 82.8 Å². The van der Waals surface area contributed by atoms with Crippen molar-refractivity contribution in [3.63, 3.8) is 0 Å². The average molecular weight is 478 g/mol. The van der Waals surface area contributed by atoms with Crippen molar-refractivity contribution in [1.82, 2.24) is 25.1 Å². The summed E-state index contributed by atoms with van der Waals surface area (Å²) in [4.78, 5) is 16.1. The van der Waals surface area contributed by atoms with E-state index in [0.29, 0.717) is 12.0 Å².